The third-order valence-corrected chi connectivity index (χ3v) is 3.89. The van der Waals surface area contributed by atoms with Crippen molar-refractivity contribution in [2.45, 2.75) is 24.1 Å². The molecule has 0 aliphatic heterocycles. The number of aromatic nitrogens is 2. The smallest absolute Gasteiger partial charge is 0.155 e. The maximum absolute atomic E-state index is 7.41. The normalized spacial score (nSPS) is 11.0. The van der Waals surface area contributed by atoms with E-state index in [0.717, 1.165) is 22.9 Å². The predicted molar refractivity (Wildman–Crippen MR) is 88.3 cm³/mol. The Morgan fingerprint density at radius 1 is 1.33 bits per heavy atom. The third-order valence-electron chi connectivity index (χ3n) is 2.92. The molecule has 0 unspecified atom stereocenters. The van der Waals surface area contributed by atoms with Crippen LogP contribution in [0, 0.1) is 5.41 Å². The number of methoxy groups -OCH3 is 1. The van der Waals surface area contributed by atoms with E-state index >= 15 is 0 Å². The Morgan fingerprint density at radius 2 is 2.10 bits per heavy atom. The maximum atomic E-state index is 7.41. The minimum atomic E-state index is 0.650. The van der Waals surface area contributed by atoms with Crippen LogP contribution in [0.4, 0.5) is 0 Å². The number of allylic oxidation sites excluding steroid dienone is 1. The lowest BCUT2D eigenvalue weighted by molar-refractivity contribution is 0.414. The average molecular weight is 301 g/mol. The Kier molecular flexibility index (Phi) is 5.63. The van der Waals surface area contributed by atoms with Gasteiger partial charge < -0.3 is 14.7 Å². The number of nitrogens with zero attached hydrogens (tertiary/aromatic N) is 2. The summed E-state index contributed by atoms with van der Waals surface area (Å²) in [5, 5.41) is 8.33. The van der Waals surface area contributed by atoms with Gasteiger partial charge in [-0.15, -0.1) is 11.8 Å². The zero-order chi connectivity index (χ0) is 15.1. The highest BCUT2D eigenvalue weighted by Gasteiger charge is 2.05. The Labute approximate surface area is 129 Å². The molecule has 0 saturated heterocycles. The molecule has 0 aliphatic rings. The molecule has 5 heteroatoms. The maximum Gasteiger partial charge on any atom is 0.155 e. The van der Waals surface area contributed by atoms with Crippen molar-refractivity contribution in [3.63, 3.8) is 0 Å². The summed E-state index contributed by atoms with van der Waals surface area (Å²) < 4.78 is 7.03. The fourth-order valence-electron chi connectivity index (χ4n) is 1.78. The molecule has 2 rings (SSSR count). The van der Waals surface area contributed by atoms with Crippen LogP contribution < -0.4 is 4.74 Å². The lowest BCUT2D eigenvalue weighted by atomic mass is 10.2. The van der Waals surface area contributed by atoms with E-state index in [9.17, 15) is 0 Å². The minimum absolute atomic E-state index is 0.650. The molecule has 4 nitrogen and oxygen atoms in total. The van der Waals surface area contributed by atoms with E-state index in [1.807, 2.05) is 35.2 Å². The molecule has 0 spiro atoms. The monoisotopic (exact) mass is 301 g/mol. The molecule has 1 aromatic heterocycles. The van der Waals surface area contributed by atoms with Crippen molar-refractivity contribution in [1.29, 1.82) is 5.41 Å². The zero-order valence-corrected chi connectivity index (χ0v) is 13.1. The summed E-state index contributed by atoms with van der Waals surface area (Å²) in [6, 6.07) is 8.03. The van der Waals surface area contributed by atoms with Gasteiger partial charge in [0.1, 0.15) is 10.8 Å². The summed E-state index contributed by atoms with van der Waals surface area (Å²) in [6.07, 6.45) is 8.19. The fraction of sp³-hybridized carbons (Fsp3) is 0.250. The van der Waals surface area contributed by atoms with Crippen molar-refractivity contribution in [2.24, 2.45) is 0 Å². The Bertz CT molecular complexity index is 617. The Morgan fingerprint density at radius 3 is 2.71 bits per heavy atom. The third kappa shape index (κ3) is 4.23. The van der Waals surface area contributed by atoms with E-state index in [0.29, 0.717) is 5.82 Å². The van der Waals surface area contributed by atoms with Crippen molar-refractivity contribution < 1.29 is 4.74 Å². The van der Waals surface area contributed by atoms with E-state index in [-0.39, 0.29) is 0 Å². The molecule has 0 bridgehead atoms. The number of nitrogens with one attached hydrogen (secondary N) is 1. The van der Waals surface area contributed by atoms with Crippen LogP contribution in [0.25, 0.3) is 6.20 Å². The highest BCUT2D eigenvalue weighted by molar-refractivity contribution is 7.98. The molecule has 0 amide bonds. The van der Waals surface area contributed by atoms with Crippen LogP contribution in [0.2, 0.25) is 0 Å². The number of rotatable bonds is 7. The molecule has 1 aromatic carbocycles. The van der Waals surface area contributed by atoms with E-state index in [4.69, 9.17) is 10.1 Å². The first-order valence-electron chi connectivity index (χ1n) is 6.78. The van der Waals surface area contributed by atoms with E-state index in [1.54, 1.807) is 18.9 Å². The van der Waals surface area contributed by atoms with Crippen molar-refractivity contribution in [3.05, 3.63) is 47.9 Å². The highest BCUT2D eigenvalue weighted by atomic mass is 32.2. The first-order chi connectivity index (χ1) is 10.3. The summed E-state index contributed by atoms with van der Waals surface area (Å²) in [6.45, 7) is 2.08. The predicted octanol–water partition coefficient (Wildman–Crippen LogP) is 4.06. The van der Waals surface area contributed by atoms with Crippen LogP contribution in [0.5, 0.6) is 5.75 Å². The molecule has 2 aromatic rings. The van der Waals surface area contributed by atoms with Gasteiger partial charge in [-0.3, -0.25) is 0 Å². The molecule has 1 heterocycles. The van der Waals surface area contributed by atoms with Gasteiger partial charge in [0.25, 0.3) is 0 Å². The SMILES string of the molecule is CC/C=C\n1cc(SCc2ccc(OC)cc2)nc1C=N. The summed E-state index contributed by atoms with van der Waals surface area (Å²) in [4.78, 5) is 4.44. The van der Waals surface area contributed by atoms with Gasteiger partial charge in [-0.1, -0.05) is 25.1 Å². The largest absolute Gasteiger partial charge is 0.497 e. The first kappa shape index (κ1) is 15.4. The molecular weight excluding hydrogens is 282 g/mol. The van der Waals surface area contributed by atoms with Crippen molar-refractivity contribution in [1.82, 2.24) is 9.55 Å². The van der Waals surface area contributed by atoms with Crippen LogP contribution >= 0.6 is 11.8 Å². The van der Waals surface area contributed by atoms with E-state index in [2.05, 4.69) is 24.0 Å². The fourth-order valence-corrected chi connectivity index (χ4v) is 2.63. The molecule has 0 atom stereocenters. The lowest BCUT2D eigenvalue weighted by Gasteiger charge is -2.01. The Balaban J connectivity index is 2.03. The minimum Gasteiger partial charge on any atom is -0.497 e. The number of ether oxygens (including phenoxy) is 1. The van der Waals surface area contributed by atoms with Gasteiger partial charge in [-0.05, 0) is 24.1 Å². The Hall–Kier alpha value is -2.01. The van der Waals surface area contributed by atoms with E-state index < -0.39 is 0 Å². The van der Waals surface area contributed by atoms with Gasteiger partial charge in [0.15, 0.2) is 5.82 Å². The second kappa shape index (κ2) is 7.69. The number of imidazole rings is 1. The standard InChI is InChI=1S/C16H19N3OS/c1-3-4-9-19-11-16(18-15(19)10-17)21-12-13-5-7-14(20-2)8-6-13/h4-11,17H,3,12H2,1-2H3/b9-4-,17-10?. The quantitative estimate of drug-likeness (QED) is 0.619. The summed E-state index contributed by atoms with van der Waals surface area (Å²) >= 11 is 1.66. The van der Waals surface area contributed by atoms with Crippen LogP contribution in [0.15, 0.2) is 41.6 Å². The van der Waals surface area contributed by atoms with Crippen molar-refractivity contribution >= 4 is 24.2 Å². The number of hydrogen-bond donors (Lipinski definition) is 1. The second-order valence-corrected chi connectivity index (χ2v) is 5.41. The number of hydrogen-bond acceptors (Lipinski definition) is 4. The summed E-state index contributed by atoms with van der Waals surface area (Å²) in [5.74, 6) is 2.36. The molecular formula is C16H19N3OS. The van der Waals surface area contributed by atoms with Crippen LogP contribution in [-0.4, -0.2) is 22.9 Å². The van der Waals surface area contributed by atoms with Gasteiger partial charge in [0.05, 0.1) is 13.3 Å². The van der Waals surface area contributed by atoms with Crippen molar-refractivity contribution in [2.75, 3.05) is 7.11 Å². The van der Waals surface area contributed by atoms with Crippen molar-refractivity contribution in [3.8, 4) is 5.75 Å². The van der Waals surface area contributed by atoms with Gasteiger partial charge in [0, 0.05) is 18.1 Å². The lowest BCUT2D eigenvalue weighted by Crippen LogP contribution is -1.92. The number of benzene rings is 1. The molecule has 21 heavy (non-hydrogen) atoms. The molecule has 110 valence electrons. The topological polar surface area (TPSA) is 50.9 Å². The van der Waals surface area contributed by atoms with Crippen LogP contribution in [-0.2, 0) is 5.75 Å². The number of thioether (sulfide) groups is 1. The zero-order valence-electron chi connectivity index (χ0n) is 12.2. The average Bonchev–Trinajstić information content (AvgIpc) is 2.93. The summed E-state index contributed by atoms with van der Waals surface area (Å²) in [5.41, 5.74) is 1.22. The molecule has 0 aliphatic carbocycles. The van der Waals surface area contributed by atoms with E-state index in [1.165, 1.54) is 11.8 Å². The van der Waals surface area contributed by atoms with Gasteiger partial charge in [-0.2, -0.15) is 0 Å². The van der Waals surface area contributed by atoms with Crippen LogP contribution in [0.1, 0.15) is 24.7 Å². The highest BCUT2D eigenvalue weighted by Crippen LogP contribution is 2.23. The summed E-state index contributed by atoms with van der Waals surface area (Å²) in [7, 11) is 1.67. The molecule has 0 fully saturated rings. The first-order valence-corrected chi connectivity index (χ1v) is 7.77. The molecule has 0 saturated carbocycles. The second-order valence-electron chi connectivity index (χ2n) is 4.42. The molecule has 0 radical (unpaired) electrons. The molecule has 1 N–H and O–H groups in total. The van der Waals surface area contributed by atoms with Gasteiger partial charge >= 0.3 is 0 Å². The van der Waals surface area contributed by atoms with Gasteiger partial charge in [-0.25, -0.2) is 4.98 Å². The van der Waals surface area contributed by atoms with Crippen LogP contribution in [0.3, 0.4) is 0 Å². The van der Waals surface area contributed by atoms with Gasteiger partial charge in [0.2, 0.25) is 0 Å².